The van der Waals surface area contributed by atoms with E-state index in [4.69, 9.17) is 19.7 Å². The molecule has 0 spiro atoms. The molecule has 0 unspecified atom stereocenters. The summed E-state index contributed by atoms with van der Waals surface area (Å²) in [6.07, 6.45) is 20.9. The number of nitrogens with two attached hydrogens (primary N) is 1. The summed E-state index contributed by atoms with van der Waals surface area (Å²) in [5, 5.41) is 0. The largest absolute Gasteiger partial charge is 0.462 e. The van der Waals surface area contributed by atoms with Crippen LogP contribution in [-0.2, 0) is 28.2 Å². The van der Waals surface area contributed by atoms with Gasteiger partial charge >= 0.3 is 20.6 Å². The maximum atomic E-state index is 12.1. The molecular formula is C27H52NO6P. The van der Waals surface area contributed by atoms with Gasteiger partial charge < -0.3 is 15.2 Å². The second-order valence-corrected chi connectivity index (χ2v) is 9.87. The van der Waals surface area contributed by atoms with Crippen LogP contribution in [0.4, 0.5) is 0 Å². The Morgan fingerprint density at radius 3 is 1.60 bits per heavy atom. The van der Waals surface area contributed by atoms with Crippen molar-refractivity contribution in [3.8, 4) is 0 Å². The topological polar surface area (TPSA) is 105 Å². The van der Waals surface area contributed by atoms with Gasteiger partial charge in [0.1, 0.15) is 13.2 Å². The molecule has 0 heterocycles. The molecule has 35 heavy (non-hydrogen) atoms. The average Bonchev–Trinajstić information content (AvgIpc) is 2.85. The first kappa shape index (κ1) is 34.0. The molecule has 0 saturated carbocycles. The number of rotatable bonds is 27. The Morgan fingerprint density at radius 2 is 1.11 bits per heavy atom. The highest BCUT2D eigenvalue weighted by molar-refractivity contribution is 7.17. The van der Waals surface area contributed by atoms with Gasteiger partial charge in [0, 0.05) is 12.8 Å². The van der Waals surface area contributed by atoms with Gasteiger partial charge in [0.15, 0.2) is 6.10 Å². The lowest BCUT2D eigenvalue weighted by molar-refractivity contribution is -0.160. The molecule has 0 aliphatic carbocycles. The number of esters is 2. The van der Waals surface area contributed by atoms with Gasteiger partial charge in [0.25, 0.3) is 0 Å². The first-order chi connectivity index (χ1) is 17.1. The van der Waals surface area contributed by atoms with Gasteiger partial charge in [-0.25, -0.2) is 4.57 Å². The van der Waals surface area contributed by atoms with Crippen molar-refractivity contribution in [2.45, 2.75) is 141 Å². The Morgan fingerprint density at radius 1 is 0.657 bits per heavy atom. The van der Waals surface area contributed by atoms with E-state index in [1.807, 2.05) is 0 Å². The van der Waals surface area contributed by atoms with Crippen molar-refractivity contribution in [2.24, 2.45) is 5.73 Å². The zero-order valence-electron chi connectivity index (χ0n) is 22.3. The number of hydrogen-bond acceptors (Lipinski definition) is 7. The first-order valence-electron chi connectivity index (χ1n) is 14.1. The minimum atomic E-state index is -0.728. The average molecular weight is 518 g/mol. The minimum Gasteiger partial charge on any atom is -0.462 e. The fourth-order valence-electron chi connectivity index (χ4n) is 3.96. The molecule has 8 heteroatoms. The van der Waals surface area contributed by atoms with Gasteiger partial charge in [-0.3, -0.25) is 14.1 Å². The SMILES string of the molecule is CCCCCCCCC(=O)O[C@@H](COP=O)COC(=O)CCCCCCCCCCCCCCN. The fourth-order valence-corrected chi connectivity index (χ4v) is 4.19. The smallest absolute Gasteiger partial charge is 0.327 e. The van der Waals surface area contributed by atoms with Gasteiger partial charge in [0.2, 0.25) is 0 Å². The maximum absolute atomic E-state index is 12.1. The van der Waals surface area contributed by atoms with Crippen LogP contribution < -0.4 is 5.73 Å². The lowest BCUT2D eigenvalue weighted by Crippen LogP contribution is -2.28. The summed E-state index contributed by atoms with van der Waals surface area (Å²) in [6.45, 7) is 2.85. The van der Waals surface area contributed by atoms with Gasteiger partial charge in [-0.1, -0.05) is 103 Å². The molecule has 206 valence electrons. The fraction of sp³-hybridized carbons (Fsp3) is 0.926. The molecule has 0 rings (SSSR count). The van der Waals surface area contributed by atoms with E-state index in [9.17, 15) is 14.2 Å². The second kappa shape index (κ2) is 27.5. The van der Waals surface area contributed by atoms with Gasteiger partial charge in [-0.05, 0) is 25.8 Å². The van der Waals surface area contributed by atoms with Crippen LogP contribution >= 0.6 is 8.69 Å². The predicted molar refractivity (Wildman–Crippen MR) is 141 cm³/mol. The van der Waals surface area contributed by atoms with Gasteiger partial charge in [-0.15, -0.1) is 0 Å². The third-order valence-corrected chi connectivity index (χ3v) is 6.37. The Labute approximate surface area is 215 Å². The summed E-state index contributed by atoms with van der Waals surface area (Å²) in [6, 6.07) is 0. The third-order valence-electron chi connectivity index (χ3n) is 6.11. The number of carbonyl (C=O) groups excluding carboxylic acids is 2. The molecule has 0 aromatic heterocycles. The summed E-state index contributed by atoms with van der Waals surface area (Å²) < 4.78 is 26.1. The number of carbonyl (C=O) groups is 2. The Balaban J connectivity index is 3.76. The van der Waals surface area contributed by atoms with Gasteiger partial charge in [-0.2, -0.15) is 0 Å². The zero-order chi connectivity index (χ0) is 25.8. The molecule has 0 aromatic rings. The summed E-state index contributed by atoms with van der Waals surface area (Å²) >= 11 is 0. The van der Waals surface area contributed by atoms with Crippen molar-refractivity contribution < 1.29 is 28.2 Å². The van der Waals surface area contributed by atoms with Crippen molar-refractivity contribution >= 4 is 20.6 Å². The predicted octanol–water partition coefficient (Wildman–Crippen LogP) is 7.45. The van der Waals surface area contributed by atoms with E-state index in [0.717, 1.165) is 51.5 Å². The highest BCUT2D eigenvalue weighted by atomic mass is 31.1. The van der Waals surface area contributed by atoms with Crippen LogP contribution in [-0.4, -0.2) is 37.8 Å². The van der Waals surface area contributed by atoms with E-state index in [2.05, 4.69) is 6.92 Å². The molecule has 7 nitrogen and oxygen atoms in total. The van der Waals surface area contributed by atoms with E-state index in [1.54, 1.807) is 0 Å². The van der Waals surface area contributed by atoms with Crippen molar-refractivity contribution in [3.05, 3.63) is 0 Å². The van der Waals surface area contributed by atoms with Crippen molar-refractivity contribution in [1.29, 1.82) is 0 Å². The van der Waals surface area contributed by atoms with E-state index in [1.165, 1.54) is 70.6 Å². The monoisotopic (exact) mass is 517 g/mol. The van der Waals surface area contributed by atoms with Crippen LogP contribution in [0.15, 0.2) is 0 Å². The maximum Gasteiger partial charge on any atom is 0.327 e. The first-order valence-corrected chi connectivity index (χ1v) is 14.9. The molecule has 2 N–H and O–H groups in total. The highest BCUT2D eigenvalue weighted by Gasteiger charge is 2.17. The normalized spacial score (nSPS) is 12.1. The molecule has 1 atom stereocenters. The van der Waals surface area contributed by atoms with E-state index in [0.29, 0.717) is 12.8 Å². The third kappa shape index (κ3) is 25.8. The Kier molecular flexibility index (Phi) is 26.7. The minimum absolute atomic E-state index is 0.0612. The lowest BCUT2D eigenvalue weighted by atomic mass is 10.0. The summed E-state index contributed by atoms with van der Waals surface area (Å²) in [4.78, 5) is 24.1. The van der Waals surface area contributed by atoms with Crippen LogP contribution in [0.1, 0.15) is 135 Å². The molecule has 0 fully saturated rings. The number of hydrogen-bond donors (Lipinski definition) is 1. The summed E-state index contributed by atoms with van der Waals surface area (Å²) in [5.41, 5.74) is 5.50. The Bertz CT molecular complexity index is 506. The van der Waals surface area contributed by atoms with Crippen LogP contribution in [0.25, 0.3) is 0 Å². The molecule has 0 radical (unpaired) electrons. The van der Waals surface area contributed by atoms with E-state index < -0.39 is 14.8 Å². The summed E-state index contributed by atoms with van der Waals surface area (Å²) in [5.74, 6) is -0.629. The quantitative estimate of drug-likeness (QED) is 0.0685. The standard InChI is InChI=1S/C27H52NO6P/c1-2-3-4-5-14-18-21-27(30)34-25(24-33-35-31)23-32-26(29)20-17-15-12-10-8-6-7-9-11-13-16-19-22-28/h25H,2-24,28H2,1H3/t25-/m1/s1. The molecule has 0 aliphatic heterocycles. The second-order valence-electron chi connectivity index (χ2n) is 9.46. The van der Waals surface area contributed by atoms with Crippen LogP contribution in [0.2, 0.25) is 0 Å². The number of ether oxygens (including phenoxy) is 2. The molecule has 0 amide bonds. The van der Waals surface area contributed by atoms with E-state index in [-0.39, 0.29) is 25.2 Å². The van der Waals surface area contributed by atoms with Crippen LogP contribution in [0.3, 0.4) is 0 Å². The molecule has 0 aromatic carbocycles. The lowest BCUT2D eigenvalue weighted by Gasteiger charge is -2.16. The summed E-state index contributed by atoms with van der Waals surface area (Å²) in [7, 11) is -0.488. The molecule has 0 aliphatic rings. The van der Waals surface area contributed by atoms with Crippen molar-refractivity contribution in [1.82, 2.24) is 0 Å². The van der Waals surface area contributed by atoms with Gasteiger partial charge in [0.05, 0.1) is 0 Å². The highest BCUT2D eigenvalue weighted by Crippen LogP contribution is 2.13. The number of unbranched alkanes of at least 4 members (excludes halogenated alkanes) is 16. The molecule has 0 bridgehead atoms. The molecule has 0 saturated heterocycles. The Hall–Kier alpha value is -1.04. The van der Waals surface area contributed by atoms with Crippen molar-refractivity contribution in [2.75, 3.05) is 19.8 Å². The van der Waals surface area contributed by atoms with Crippen LogP contribution in [0, 0.1) is 0 Å². The van der Waals surface area contributed by atoms with Crippen molar-refractivity contribution in [3.63, 3.8) is 0 Å². The molecular weight excluding hydrogens is 465 g/mol. The van der Waals surface area contributed by atoms with E-state index >= 15 is 0 Å². The van der Waals surface area contributed by atoms with Crippen LogP contribution in [0.5, 0.6) is 0 Å². The zero-order valence-corrected chi connectivity index (χ0v) is 23.2.